The normalized spacial score (nSPS) is 15.7. The standard InChI is InChI=1S/C14H15BrN2O2/c1-9(2)19-12-6-10(5-11(15)7-12)13(18)17-14(8-16)3-4-14/h5-7,9H,3-4H2,1-2H3,(H,17,18). The molecule has 0 radical (unpaired) electrons. The minimum atomic E-state index is -0.654. The zero-order chi connectivity index (χ0) is 14.0. The van der Waals surface area contributed by atoms with Crippen LogP contribution in [0.3, 0.4) is 0 Å². The Bertz CT molecular complexity index is 545. The SMILES string of the molecule is CC(C)Oc1cc(Br)cc(C(=O)NC2(C#N)CC2)c1. The van der Waals surface area contributed by atoms with E-state index in [4.69, 9.17) is 10.00 Å². The molecular formula is C14H15BrN2O2. The molecule has 1 fully saturated rings. The van der Waals surface area contributed by atoms with E-state index >= 15 is 0 Å². The summed E-state index contributed by atoms with van der Waals surface area (Å²) < 4.78 is 6.36. The molecule has 1 saturated carbocycles. The molecule has 0 atom stereocenters. The van der Waals surface area contributed by atoms with Gasteiger partial charge >= 0.3 is 0 Å². The van der Waals surface area contributed by atoms with E-state index in [1.54, 1.807) is 12.1 Å². The van der Waals surface area contributed by atoms with Gasteiger partial charge in [0.25, 0.3) is 5.91 Å². The third-order valence-electron chi connectivity index (χ3n) is 2.82. The van der Waals surface area contributed by atoms with E-state index in [0.717, 1.165) is 17.3 Å². The first kappa shape index (κ1) is 13.9. The summed E-state index contributed by atoms with van der Waals surface area (Å²) in [5, 5.41) is 11.7. The van der Waals surface area contributed by atoms with Gasteiger partial charge in [-0.2, -0.15) is 5.26 Å². The highest BCUT2D eigenvalue weighted by Gasteiger charge is 2.44. The van der Waals surface area contributed by atoms with Gasteiger partial charge in [0.15, 0.2) is 0 Å². The molecule has 4 nitrogen and oxygen atoms in total. The number of nitriles is 1. The molecular weight excluding hydrogens is 308 g/mol. The van der Waals surface area contributed by atoms with Gasteiger partial charge in [-0.15, -0.1) is 0 Å². The molecule has 0 saturated heterocycles. The average molecular weight is 323 g/mol. The maximum absolute atomic E-state index is 12.1. The molecule has 1 aromatic carbocycles. The van der Waals surface area contributed by atoms with Crippen LogP contribution in [0.2, 0.25) is 0 Å². The van der Waals surface area contributed by atoms with Gasteiger partial charge in [-0.25, -0.2) is 0 Å². The van der Waals surface area contributed by atoms with Crippen molar-refractivity contribution in [2.75, 3.05) is 0 Å². The molecule has 0 unspecified atom stereocenters. The maximum Gasteiger partial charge on any atom is 0.252 e. The van der Waals surface area contributed by atoms with Crippen molar-refractivity contribution < 1.29 is 9.53 Å². The van der Waals surface area contributed by atoms with Crippen LogP contribution in [0.4, 0.5) is 0 Å². The highest BCUT2D eigenvalue weighted by molar-refractivity contribution is 9.10. The van der Waals surface area contributed by atoms with Crippen molar-refractivity contribution in [3.8, 4) is 11.8 Å². The van der Waals surface area contributed by atoms with Crippen LogP contribution in [0.1, 0.15) is 37.0 Å². The number of carbonyl (C=O) groups is 1. The molecule has 0 spiro atoms. The number of hydrogen-bond donors (Lipinski definition) is 1. The largest absolute Gasteiger partial charge is 0.491 e. The Balaban J connectivity index is 2.17. The monoisotopic (exact) mass is 322 g/mol. The number of nitrogens with one attached hydrogen (secondary N) is 1. The van der Waals surface area contributed by atoms with Crippen LogP contribution in [0.5, 0.6) is 5.75 Å². The third kappa shape index (κ3) is 3.48. The van der Waals surface area contributed by atoms with Crippen molar-refractivity contribution in [2.45, 2.75) is 38.3 Å². The van der Waals surface area contributed by atoms with Crippen LogP contribution >= 0.6 is 15.9 Å². The molecule has 1 aliphatic carbocycles. The fourth-order valence-electron chi connectivity index (χ4n) is 1.71. The number of nitrogens with zero attached hydrogens (tertiary/aromatic N) is 1. The number of amides is 1. The minimum absolute atomic E-state index is 0.0408. The van der Waals surface area contributed by atoms with Crippen molar-refractivity contribution in [3.63, 3.8) is 0 Å². The summed E-state index contributed by atoms with van der Waals surface area (Å²) in [5.41, 5.74) is -0.162. The molecule has 2 rings (SSSR count). The summed E-state index contributed by atoms with van der Waals surface area (Å²) in [5.74, 6) is 0.394. The fourth-order valence-corrected chi connectivity index (χ4v) is 2.19. The lowest BCUT2D eigenvalue weighted by molar-refractivity contribution is 0.0940. The summed E-state index contributed by atoms with van der Waals surface area (Å²) in [4.78, 5) is 12.1. The molecule has 1 N–H and O–H groups in total. The Morgan fingerprint density at radius 1 is 1.47 bits per heavy atom. The topological polar surface area (TPSA) is 62.1 Å². The van der Waals surface area contributed by atoms with E-state index in [1.807, 2.05) is 19.9 Å². The predicted octanol–water partition coefficient (Wildman–Crippen LogP) is 3.02. The van der Waals surface area contributed by atoms with Gasteiger partial charge in [0.2, 0.25) is 0 Å². The zero-order valence-electron chi connectivity index (χ0n) is 10.9. The first-order chi connectivity index (χ1) is 8.94. The lowest BCUT2D eigenvalue weighted by atomic mass is 10.2. The lowest BCUT2D eigenvalue weighted by Crippen LogP contribution is -2.35. The Labute approximate surface area is 120 Å². The number of rotatable bonds is 4. The molecule has 100 valence electrons. The Morgan fingerprint density at radius 3 is 2.68 bits per heavy atom. The maximum atomic E-state index is 12.1. The van der Waals surface area contributed by atoms with Gasteiger partial charge < -0.3 is 10.1 Å². The first-order valence-corrected chi connectivity index (χ1v) is 6.94. The van der Waals surface area contributed by atoms with Gasteiger partial charge in [0, 0.05) is 10.0 Å². The van der Waals surface area contributed by atoms with Crippen LogP contribution in [0, 0.1) is 11.3 Å². The van der Waals surface area contributed by atoms with E-state index in [-0.39, 0.29) is 12.0 Å². The van der Waals surface area contributed by atoms with Gasteiger partial charge in [0.1, 0.15) is 11.3 Å². The highest BCUT2D eigenvalue weighted by atomic mass is 79.9. The average Bonchev–Trinajstić information content (AvgIpc) is 3.07. The van der Waals surface area contributed by atoms with E-state index < -0.39 is 5.54 Å². The lowest BCUT2D eigenvalue weighted by Gasteiger charge is -2.13. The second kappa shape index (κ2) is 5.22. The van der Waals surface area contributed by atoms with Gasteiger partial charge in [-0.3, -0.25) is 4.79 Å². The molecule has 19 heavy (non-hydrogen) atoms. The highest BCUT2D eigenvalue weighted by Crippen LogP contribution is 2.35. The van der Waals surface area contributed by atoms with Crippen LogP contribution in [-0.2, 0) is 0 Å². The molecule has 0 heterocycles. The summed E-state index contributed by atoms with van der Waals surface area (Å²) in [6.07, 6.45) is 1.48. The summed E-state index contributed by atoms with van der Waals surface area (Å²) in [6, 6.07) is 7.36. The Morgan fingerprint density at radius 2 is 2.16 bits per heavy atom. The molecule has 0 bridgehead atoms. The van der Waals surface area contributed by atoms with Gasteiger partial charge in [-0.1, -0.05) is 15.9 Å². The van der Waals surface area contributed by atoms with E-state index in [1.165, 1.54) is 0 Å². The number of carbonyl (C=O) groups excluding carboxylic acids is 1. The number of hydrogen-bond acceptors (Lipinski definition) is 3. The zero-order valence-corrected chi connectivity index (χ0v) is 12.5. The quantitative estimate of drug-likeness (QED) is 0.926. The van der Waals surface area contributed by atoms with E-state index in [2.05, 4.69) is 27.3 Å². The number of benzene rings is 1. The van der Waals surface area contributed by atoms with Crippen LogP contribution in [-0.4, -0.2) is 17.6 Å². The molecule has 0 aromatic heterocycles. The van der Waals surface area contributed by atoms with Crippen LogP contribution < -0.4 is 10.1 Å². The Kier molecular flexibility index (Phi) is 3.81. The smallest absolute Gasteiger partial charge is 0.252 e. The second-order valence-corrected chi connectivity index (χ2v) is 5.91. The van der Waals surface area contributed by atoms with Gasteiger partial charge in [-0.05, 0) is 44.9 Å². The predicted molar refractivity (Wildman–Crippen MR) is 75.0 cm³/mol. The van der Waals surface area contributed by atoms with Crippen molar-refractivity contribution in [1.82, 2.24) is 5.32 Å². The van der Waals surface area contributed by atoms with Crippen LogP contribution in [0.15, 0.2) is 22.7 Å². The molecule has 1 aromatic rings. The van der Waals surface area contributed by atoms with Crippen molar-refractivity contribution >= 4 is 21.8 Å². The van der Waals surface area contributed by atoms with Crippen LogP contribution in [0.25, 0.3) is 0 Å². The molecule has 0 aliphatic heterocycles. The summed E-state index contributed by atoms with van der Waals surface area (Å²) in [7, 11) is 0. The molecule has 1 aliphatic rings. The summed E-state index contributed by atoms with van der Waals surface area (Å²) in [6.45, 7) is 3.85. The number of halogens is 1. The van der Waals surface area contributed by atoms with Crippen molar-refractivity contribution in [1.29, 1.82) is 5.26 Å². The fraction of sp³-hybridized carbons (Fsp3) is 0.429. The minimum Gasteiger partial charge on any atom is -0.491 e. The Hall–Kier alpha value is -1.54. The van der Waals surface area contributed by atoms with E-state index in [0.29, 0.717) is 11.3 Å². The van der Waals surface area contributed by atoms with Gasteiger partial charge in [0.05, 0.1) is 12.2 Å². The first-order valence-electron chi connectivity index (χ1n) is 6.15. The number of ether oxygens (including phenoxy) is 1. The second-order valence-electron chi connectivity index (χ2n) is 4.99. The third-order valence-corrected chi connectivity index (χ3v) is 3.28. The van der Waals surface area contributed by atoms with E-state index in [9.17, 15) is 4.79 Å². The molecule has 1 amide bonds. The van der Waals surface area contributed by atoms with Crippen molar-refractivity contribution in [2.24, 2.45) is 0 Å². The summed E-state index contributed by atoms with van der Waals surface area (Å²) >= 11 is 3.36. The molecule has 5 heteroatoms. The van der Waals surface area contributed by atoms with Crippen molar-refractivity contribution in [3.05, 3.63) is 28.2 Å².